The summed E-state index contributed by atoms with van der Waals surface area (Å²) in [6.07, 6.45) is 0. The zero-order valence-corrected chi connectivity index (χ0v) is 7.66. The van der Waals surface area contributed by atoms with Gasteiger partial charge in [-0.15, -0.1) is 0 Å². The van der Waals surface area contributed by atoms with Crippen molar-refractivity contribution in [2.45, 2.75) is 13.5 Å². The average Bonchev–Trinajstić information content (AvgIpc) is 2.08. The zero-order valence-electron chi connectivity index (χ0n) is 6.90. The van der Waals surface area contributed by atoms with Gasteiger partial charge in [0, 0.05) is 6.54 Å². The van der Waals surface area contributed by atoms with Gasteiger partial charge in [0.05, 0.1) is 5.02 Å². The first-order valence-electron chi connectivity index (χ1n) is 3.89. The molecule has 1 aromatic carbocycles. The van der Waals surface area contributed by atoms with Crippen molar-refractivity contribution in [1.29, 1.82) is 0 Å². The Morgan fingerprint density at radius 1 is 1.50 bits per heavy atom. The molecule has 0 atom stereocenters. The molecule has 0 radical (unpaired) electrons. The van der Waals surface area contributed by atoms with E-state index >= 15 is 0 Å². The highest BCUT2D eigenvalue weighted by Crippen LogP contribution is 2.18. The Kier molecular flexibility index (Phi) is 3.50. The predicted molar refractivity (Wildman–Crippen MR) is 48.8 cm³/mol. The van der Waals surface area contributed by atoms with E-state index in [1.807, 2.05) is 13.0 Å². The van der Waals surface area contributed by atoms with E-state index in [0.29, 0.717) is 6.54 Å². The molecule has 0 saturated carbocycles. The van der Waals surface area contributed by atoms with E-state index in [0.717, 1.165) is 12.1 Å². The van der Waals surface area contributed by atoms with Gasteiger partial charge < -0.3 is 5.32 Å². The molecule has 0 aliphatic carbocycles. The van der Waals surface area contributed by atoms with E-state index in [1.54, 1.807) is 6.07 Å². The topological polar surface area (TPSA) is 12.0 Å². The van der Waals surface area contributed by atoms with Crippen molar-refractivity contribution < 1.29 is 4.39 Å². The Balaban J connectivity index is 2.78. The first-order valence-corrected chi connectivity index (χ1v) is 4.27. The summed E-state index contributed by atoms with van der Waals surface area (Å²) in [6.45, 7) is 3.47. The molecule has 0 amide bonds. The minimum atomic E-state index is -0.355. The van der Waals surface area contributed by atoms with E-state index in [2.05, 4.69) is 5.32 Å². The molecule has 0 heterocycles. The summed E-state index contributed by atoms with van der Waals surface area (Å²) >= 11 is 5.71. The van der Waals surface area contributed by atoms with Crippen LogP contribution < -0.4 is 5.32 Å². The fourth-order valence-corrected chi connectivity index (χ4v) is 1.14. The van der Waals surface area contributed by atoms with Crippen LogP contribution in [0.3, 0.4) is 0 Å². The number of halogens is 2. The maximum absolute atomic E-state index is 12.8. The number of nitrogens with one attached hydrogen (secondary N) is 1. The van der Waals surface area contributed by atoms with Crippen LogP contribution in [0.15, 0.2) is 18.2 Å². The lowest BCUT2D eigenvalue weighted by atomic mass is 10.2. The molecule has 0 aliphatic rings. The predicted octanol–water partition coefficient (Wildman–Crippen LogP) is 2.59. The van der Waals surface area contributed by atoms with Gasteiger partial charge in [0.25, 0.3) is 0 Å². The maximum Gasteiger partial charge on any atom is 0.142 e. The SMILES string of the molecule is CCNCc1cccc(F)c1Cl. The van der Waals surface area contributed by atoms with Crippen molar-refractivity contribution in [2.24, 2.45) is 0 Å². The van der Waals surface area contributed by atoms with Gasteiger partial charge in [0.1, 0.15) is 5.82 Å². The smallest absolute Gasteiger partial charge is 0.142 e. The summed E-state index contributed by atoms with van der Waals surface area (Å²) in [7, 11) is 0. The molecule has 0 aliphatic heterocycles. The summed E-state index contributed by atoms with van der Waals surface area (Å²) in [5.41, 5.74) is 0.804. The molecule has 0 bridgehead atoms. The highest BCUT2D eigenvalue weighted by atomic mass is 35.5. The molecule has 66 valence electrons. The second-order valence-corrected chi connectivity index (χ2v) is 2.87. The minimum Gasteiger partial charge on any atom is -0.313 e. The van der Waals surface area contributed by atoms with Crippen LogP contribution in [-0.2, 0) is 6.54 Å². The van der Waals surface area contributed by atoms with Crippen molar-refractivity contribution in [2.75, 3.05) is 6.54 Å². The standard InChI is InChI=1S/C9H11ClFN/c1-2-12-6-7-4-3-5-8(11)9(7)10/h3-5,12H,2,6H2,1H3. The molecular formula is C9H11ClFN. The van der Waals surface area contributed by atoms with Gasteiger partial charge >= 0.3 is 0 Å². The van der Waals surface area contributed by atoms with Crippen molar-refractivity contribution in [3.8, 4) is 0 Å². The first-order chi connectivity index (χ1) is 5.75. The first kappa shape index (κ1) is 9.49. The number of hydrogen-bond donors (Lipinski definition) is 1. The second kappa shape index (κ2) is 4.43. The van der Waals surface area contributed by atoms with E-state index in [9.17, 15) is 4.39 Å². The third-order valence-corrected chi connectivity index (χ3v) is 2.02. The lowest BCUT2D eigenvalue weighted by Crippen LogP contribution is -2.12. The van der Waals surface area contributed by atoms with Crippen molar-refractivity contribution in [3.05, 3.63) is 34.6 Å². The monoisotopic (exact) mass is 187 g/mol. The Morgan fingerprint density at radius 3 is 2.92 bits per heavy atom. The van der Waals surface area contributed by atoms with Gasteiger partial charge in [-0.05, 0) is 18.2 Å². The van der Waals surface area contributed by atoms with Gasteiger partial charge in [-0.25, -0.2) is 4.39 Å². The molecular weight excluding hydrogens is 177 g/mol. The molecule has 0 unspecified atom stereocenters. The quantitative estimate of drug-likeness (QED) is 0.767. The lowest BCUT2D eigenvalue weighted by molar-refractivity contribution is 0.622. The summed E-state index contributed by atoms with van der Waals surface area (Å²) in [4.78, 5) is 0. The molecule has 0 spiro atoms. The molecule has 0 aromatic heterocycles. The normalized spacial score (nSPS) is 10.2. The molecule has 1 rings (SSSR count). The fraction of sp³-hybridized carbons (Fsp3) is 0.333. The van der Waals surface area contributed by atoms with Crippen molar-refractivity contribution in [1.82, 2.24) is 5.32 Å². The summed E-state index contributed by atoms with van der Waals surface area (Å²) in [5.74, 6) is -0.355. The fourth-order valence-electron chi connectivity index (χ4n) is 0.945. The Bertz CT molecular complexity index is 263. The molecule has 12 heavy (non-hydrogen) atoms. The van der Waals surface area contributed by atoms with Crippen LogP contribution in [0.2, 0.25) is 5.02 Å². The largest absolute Gasteiger partial charge is 0.313 e. The molecule has 3 heteroatoms. The van der Waals surface area contributed by atoms with Crippen molar-refractivity contribution in [3.63, 3.8) is 0 Å². The number of benzene rings is 1. The summed E-state index contributed by atoms with van der Waals surface area (Å²) in [5, 5.41) is 3.30. The van der Waals surface area contributed by atoms with Gasteiger partial charge in [0.15, 0.2) is 0 Å². The zero-order chi connectivity index (χ0) is 8.97. The molecule has 0 saturated heterocycles. The van der Waals surface area contributed by atoms with Crippen LogP contribution >= 0.6 is 11.6 Å². The van der Waals surface area contributed by atoms with Crippen LogP contribution in [0.1, 0.15) is 12.5 Å². The van der Waals surface area contributed by atoms with Gasteiger partial charge in [-0.2, -0.15) is 0 Å². The van der Waals surface area contributed by atoms with Gasteiger partial charge in [-0.1, -0.05) is 30.7 Å². The molecule has 1 aromatic rings. The van der Waals surface area contributed by atoms with Crippen LogP contribution in [0, 0.1) is 5.82 Å². The van der Waals surface area contributed by atoms with Crippen LogP contribution in [0.5, 0.6) is 0 Å². The van der Waals surface area contributed by atoms with Gasteiger partial charge in [-0.3, -0.25) is 0 Å². The highest BCUT2D eigenvalue weighted by Gasteiger charge is 2.03. The van der Waals surface area contributed by atoms with E-state index in [1.165, 1.54) is 6.07 Å². The molecule has 1 nitrogen and oxygen atoms in total. The Labute approximate surface area is 76.5 Å². The van der Waals surface area contributed by atoms with E-state index in [-0.39, 0.29) is 10.8 Å². The van der Waals surface area contributed by atoms with Gasteiger partial charge in [0.2, 0.25) is 0 Å². The third kappa shape index (κ3) is 2.19. The molecule has 0 fully saturated rings. The average molecular weight is 188 g/mol. The second-order valence-electron chi connectivity index (χ2n) is 2.49. The highest BCUT2D eigenvalue weighted by molar-refractivity contribution is 6.31. The molecule has 1 N–H and O–H groups in total. The third-order valence-electron chi connectivity index (χ3n) is 1.60. The van der Waals surface area contributed by atoms with Crippen molar-refractivity contribution >= 4 is 11.6 Å². The lowest BCUT2D eigenvalue weighted by Gasteiger charge is -2.04. The number of rotatable bonds is 3. The number of hydrogen-bond acceptors (Lipinski definition) is 1. The minimum absolute atomic E-state index is 0.221. The van der Waals surface area contributed by atoms with Crippen LogP contribution in [0.25, 0.3) is 0 Å². The summed E-state index contributed by atoms with van der Waals surface area (Å²) < 4.78 is 12.8. The Hall–Kier alpha value is -0.600. The van der Waals surface area contributed by atoms with E-state index in [4.69, 9.17) is 11.6 Å². The van der Waals surface area contributed by atoms with E-state index < -0.39 is 0 Å². The Morgan fingerprint density at radius 2 is 2.25 bits per heavy atom. The summed E-state index contributed by atoms with van der Waals surface area (Å²) in [6, 6.07) is 4.83. The van der Waals surface area contributed by atoms with Crippen LogP contribution in [0.4, 0.5) is 4.39 Å². The maximum atomic E-state index is 12.8. The van der Waals surface area contributed by atoms with Crippen LogP contribution in [-0.4, -0.2) is 6.54 Å².